The SMILES string of the molecule is CCc1cn([C@H]2C[C@H](O)[C@@H](CNCCc3c(Cl)cccc3Cl)O2)c(=O)[nH]c1=O. The highest BCUT2D eigenvalue weighted by Gasteiger charge is 2.35. The highest BCUT2D eigenvalue weighted by Crippen LogP contribution is 2.27. The maximum atomic E-state index is 12.1. The van der Waals surface area contributed by atoms with Crippen molar-refractivity contribution < 1.29 is 9.84 Å². The van der Waals surface area contributed by atoms with E-state index < -0.39 is 29.7 Å². The van der Waals surface area contributed by atoms with Crippen LogP contribution >= 0.6 is 23.2 Å². The van der Waals surface area contributed by atoms with E-state index in [9.17, 15) is 14.7 Å². The highest BCUT2D eigenvalue weighted by atomic mass is 35.5. The fourth-order valence-corrected chi connectivity index (χ4v) is 3.88. The first-order chi connectivity index (χ1) is 13.4. The Morgan fingerprint density at radius 3 is 2.71 bits per heavy atom. The van der Waals surface area contributed by atoms with Gasteiger partial charge in [-0.2, -0.15) is 0 Å². The van der Waals surface area contributed by atoms with Crippen LogP contribution in [0.5, 0.6) is 0 Å². The number of aliphatic hydroxyl groups is 1. The first-order valence-electron chi connectivity index (χ1n) is 9.22. The molecule has 0 saturated carbocycles. The van der Waals surface area contributed by atoms with Gasteiger partial charge in [-0.15, -0.1) is 0 Å². The second kappa shape index (κ2) is 9.24. The fourth-order valence-electron chi connectivity index (χ4n) is 3.29. The maximum absolute atomic E-state index is 12.1. The summed E-state index contributed by atoms with van der Waals surface area (Å²) in [6, 6.07) is 5.39. The molecule has 2 heterocycles. The lowest BCUT2D eigenvalue weighted by Gasteiger charge is -2.17. The molecule has 0 unspecified atom stereocenters. The van der Waals surface area contributed by atoms with Gasteiger partial charge in [-0.25, -0.2) is 4.79 Å². The number of hydrogen-bond donors (Lipinski definition) is 3. The molecular formula is C19H23Cl2N3O4. The van der Waals surface area contributed by atoms with Gasteiger partial charge in [0.05, 0.1) is 12.2 Å². The lowest BCUT2D eigenvalue weighted by Crippen LogP contribution is -2.36. The smallest absolute Gasteiger partial charge is 0.330 e. The third-order valence-corrected chi connectivity index (χ3v) is 5.60. The predicted molar refractivity (Wildman–Crippen MR) is 108 cm³/mol. The number of nitrogens with zero attached hydrogens (tertiary/aromatic N) is 1. The van der Waals surface area contributed by atoms with Crippen LogP contribution in [0.3, 0.4) is 0 Å². The number of benzene rings is 1. The van der Waals surface area contributed by atoms with E-state index in [1.807, 2.05) is 6.92 Å². The number of aliphatic hydroxyl groups excluding tert-OH is 1. The van der Waals surface area contributed by atoms with Crippen molar-refractivity contribution in [2.75, 3.05) is 13.1 Å². The Morgan fingerprint density at radius 2 is 2.04 bits per heavy atom. The van der Waals surface area contributed by atoms with Gasteiger partial charge in [0.15, 0.2) is 0 Å². The molecule has 2 aromatic rings. The highest BCUT2D eigenvalue weighted by molar-refractivity contribution is 6.35. The minimum absolute atomic E-state index is 0.276. The van der Waals surface area contributed by atoms with Crippen LogP contribution in [0.25, 0.3) is 0 Å². The molecule has 0 amide bonds. The van der Waals surface area contributed by atoms with Crippen LogP contribution in [0.2, 0.25) is 10.0 Å². The van der Waals surface area contributed by atoms with E-state index in [1.54, 1.807) is 18.2 Å². The van der Waals surface area contributed by atoms with E-state index >= 15 is 0 Å². The van der Waals surface area contributed by atoms with Crippen LogP contribution in [-0.4, -0.2) is 40.0 Å². The molecule has 1 aromatic heterocycles. The summed E-state index contributed by atoms with van der Waals surface area (Å²) in [4.78, 5) is 26.1. The second-order valence-electron chi connectivity index (χ2n) is 6.76. The summed E-state index contributed by atoms with van der Waals surface area (Å²) in [7, 11) is 0. The molecular weight excluding hydrogens is 405 g/mol. The molecule has 9 heteroatoms. The third kappa shape index (κ3) is 4.67. The molecule has 1 fully saturated rings. The van der Waals surface area contributed by atoms with Crippen molar-refractivity contribution in [3.05, 3.63) is 66.4 Å². The topological polar surface area (TPSA) is 96.3 Å². The van der Waals surface area contributed by atoms with Gasteiger partial charge in [0.25, 0.3) is 5.56 Å². The van der Waals surface area contributed by atoms with Crippen LogP contribution < -0.4 is 16.6 Å². The lowest BCUT2D eigenvalue weighted by molar-refractivity contribution is -0.0192. The van der Waals surface area contributed by atoms with Gasteiger partial charge in [0, 0.05) is 34.8 Å². The molecule has 0 spiro atoms. The van der Waals surface area contributed by atoms with Gasteiger partial charge in [0.1, 0.15) is 6.23 Å². The molecule has 1 aliphatic rings. The monoisotopic (exact) mass is 427 g/mol. The molecule has 3 atom stereocenters. The zero-order valence-corrected chi connectivity index (χ0v) is 17.0. The Labute approximate surface area is 172 Å². The minimum atomic E-state index is -0.717. The Hall–Kier alpha value is -1.64. The molecule has 0 radical (unpaired) electrons. The Bertz CT molecular complexity index is 923. The van der Waals surface area contributed by atoms with Gasteiger partial charge in [-0.3, -0.25) is 14.3 Å². The summed E-state index contributed by atoms with van der Waals surface area (Å²) in [6.45, 7) is 2.86. The molecule has 1 saturated heterocycles. The molecule has 3 N–H and O–H groups in total. The largest absolute Gasteiger partial charge is 0.390 e. The van der Waals surface area contributed by atoms with Crippen molar-refractivity contribution in [2.24, 2.45) is 0 Å². The minimum Gasteiger partial charge on any atom is -0.390 e. The van der Waals surface area contributed by atoms with Crippen LogP contribution in [0.1, 0.15) is 30.7 Å². The first kappa shape index (κ1) is 21.1. The average molecular weight is 428 g/mol. The van der Waals surface area contributed by atoms with Crippen LogP contribution in [0.4, 0.5) is 0 Å². The number of halogens is 2. The van der Waals surface area contributed by atoms with Gasteiger partial charge < -0.3 is 15.2 Å². The van der Waals surface area contributed by atoms with Crippen LogP contribution in [0.15, 0.2) is 34.0 Å². The van der Waals surface area contributed by atoms with Crippen LogP contribution in [0, 0.1) is 0 Å². The number of aromatic nitrogens is 2. The van der Waals surface area contributed by atoms with Crippen molar-refractivity contribution in [1.29, 1.82) is 0 Å². The van der Waals surface area contributed by atoms with Gasteiger partial charge in [-0.1, -0.05) is 36.2 Å². The van der Waals surface area contributed by atoms with E-state index in [0.29, 0.717) is 41.5 Å². The molecule has 0 aliphatic carbocycles. The molecule has 1 aromatic carbocycles. The number of aromatic amines is 1. The lowest BCUT2D eigenvalue weighted by atomic mass is 10.1. The summed E-state index contributed by atoms with van der Waals surface area (Å²) in [5.74, 6) is 0. The predicted octanol–water partition coefficient (Wildman–Crippen LogP) is 1.89. The van der Waals surface area contributed by atoms with Crippen molar-refractivity contribution in [1.82, 2.24) is 14.9 Å². The Morgan fingerprint density at radius 1 is 1.32 bits per heavy atom. The van der Waals surface area contributed by atoms with Gasteiger partial charge >= 0.3 is 5.69 Å². The van der Waals surface area contributed by atoms with E-state index in [0.717, 1.165) is 5.56 Å². The maximum Gasteiger partial charge on any atom is 0.330 e. The third-order valence-electron chi connectivity index (χ3n) is 4.90. The standard InChI is InChI=1S/C19H23Cl2N3O4/c1-2-11-10-24(19(27)23-18(11)26)17-8-15(25)16(28-17)9-22-7-6-12-13(20)4-3-5-14(12)21/h3-5,10,15-17,22,25H,2,6-9H2,1H3,(H,23,26,27)/t15-,16+,17+/m0/s1. The van der Waals surface area contributed by atoms with E-state index in [2.05, 4.69) is 10.3 Å². The first-order valence-corrected chi connectivity index (χ1v) is 9.97. The average Bonchev–Trinajstić information content (AvgIpc) is 3.01. The Kier molecular flexibility index (Phi) is 6.95. The normalized spacial score (nSPS) is 21.9. The molecule has 1 aliphatic heterocycles. The zero-order chi connectivity index (χ0) is 20.3. The Balaban J connectivity index is 1.57. The zero-order valence-electron chi connectivity index (χ0n) is 15.5. The van der Waals surface area contributed by atoms with Crippen molar-refractivity contribution in [2.45, 2.75) is 44.6 Å². The van der Waals surface area contributed by atoms with Crippen molar-refractivity contribution in [3.63, 3.8) is 0 Å². The number of aryl methyl sites for hydroxylation is 1. The van der Waals surface area contributed by atoms with Crippen molar-refractivity contribution in [3.8, 4) is 0 Å². The fraction of sp³-hybridized carbons (Fsp3) is 0.474. The van der Waals surface area contributed by atoms with E-state index in [1.165, 1.54) is 10.8 Å². The summed E-state index contributed by atoms with van der Waals surface area (Å²) in [6.07, 6.45) is 1.13. The number of rotatable bonds is 7. The summed E-state index contributed by atoms with van der Waals surface area (Å²) < 4.78 is 7.20. The van der Waals surface area contributed by atoms with E-state index in [-0.39, 0.29) is 6.42 Å². The molecule has 7 nitrogen and oxygen atoms in total. The number of nitrogens with one attached hydrogen (secondary N) is 2. The summed E-state index contributed by atoms with van der Waals surface area (Å²) >= 11 is 12.3. The molecule has 152 valence electrons. The van der Waals surface area contributed by atoms with Crippen molar-refractivity contribution >= 4 is 23.2 Å². The number of hydrogen-bond acceptors (Lipinski definition) is 5. The second-order valence-corrected chi connectivity index (χ2v) is 7.58. The molecule has 0 bridgehead atoms. The van der Waals surface area contributed by atoms with E-state index in [4.69, 9.17) is 27.9 Å². The molecule has 28 heavy (non-hydrogen) atoms. The number of H-pyrrole nitrogens is 1. The van der Waals surface area contributed by atoms with Gasteiger partial charge in [-0.05, 0) is 37.1 Å². The summed E-state index contributed by atoms with van der Waals surface area (Å²) in [5, 5.41) is 14.8. The number of ether oxygens (including phenoxy) is 1. The summed E-state index contributed by atoms with van der Waals surface area (Å²) in [5.41, 5.74) is 0.437. The molecule has 3 rings (SSSR count). The van der Waals surface area contributed by atoms with Crippen LogP contribution in [-0.2, 0) is 17.6 Å². The van der Waals surface area contributed by atoms with Gasteiger partial charge in [0.2, 0.25) is 0 Å². The quantitative estimate of drug-likeness (QED) is 0.586.